The average Bonchev–Trinajstić information content (AvgIpc) is 2.74. The summed E-state index contributed by atoms with van der Waals surface area (Å²) in [4.78, 5) is 12.5. The molecule has 1 N–H and O–H groups in total. The number of anilines is 1. The number of aromatic nitrogens is 3. The summed E-state index contributed by atoms with van der Waals surface area (Å²) in [7, 11) is 0. The van der Waals surface area contributed by atoms with E-state index in [1.54, 1.807) is 18.2 Å². The summed E-state index contributed by atoms with van der Waals surface area (Å²) in [6.45, 7) is 2.72. The van der Waals surface area contributed by atoms with E-state index in [1.165, 1.54) is 29.7 Å². The predicted molar refractivity (Wildman–Crippen MR) is 111 cm³/mol. The Morgan fingerprint density at radius 2 is 1.73 bits per heavy atom. The van der Waals surface area contributed by atoms with E-state index in [1.807, 2.05) is 6.92 Å². The maximum atomic E-state index is 13.3. The van der Waals surface area contributed by atoms with Gasteiger partial charge < -0.3 is 5.32 Å². The highest BCUT2D eigenvalue weighted by Crippen LogP contribution is 2.36. The lowest BCUT2D eigenvalue weighted by atomic mass is 10.0. The van der Waals surface area contributed by atoms with Crippen LogP contribution in [0.2, 0.25) is 0 Å². The smallest absolute Gasteiger partial charge is 0.369 e. The number of alkyl halides is 3. The van der Waals surface area contributed by atoms with Gasteiger partial charge in [0.25, 0.3) is 0 Å². The summed E-state index contributed by atoms with van der Waals surface area (Å²) in [6, 6.07) is 15.6. The van der Waals surface area contributed by atoms with Gasteiger partial charge in [0.05, 0.1) is 16.8 Å². The molecule has 0 radical (unpaired) electrons. The fraction of sp³-hybridized carbons (Fsp3) is 0.174. The van der Waals surface area contributed by atoms with Crippen LogP contribution in [0.25, 0.3) is 22.2 Å². The SMILES string of the molecule is Cc1ccc(CCNc2ncnc3cc(-c4ncccc4C(F)(F)F)ccc23)cc1. The van der Waals surface area contributed by atoms with Crippen molar-refractivity contribution in [2.45, 2.75) is 19.5 Å². The molecule has 4 nitrogen and oxygen atoms in total. The Hall–Kier alpha value is -3.48. The van der Waals surface area contributed by atoms with Gasteiger partial charge in [-0.25, -0.2) is 9.97 Å². The van der Waals surface area contributed by atoms with Gasteiger partial charge >= 0.3 is 6.18 Å². The Bertz CT molecular complexity index is 1170. The number of hydrogen-bond acceptors (Lipinski definition) is 4. The lowest BCUT2D eigenvalue weighted by molar-refractivity contribution is -0.137. The van der Waals surface area contributed by atoms with Crippen molar-refractivity contribution in [2.24, 2.45) is 0 Å². The van der Waals surface area contributed by atoms with Crippen LogP contribution in [0, 0.1) is 6.92 Å². The maximum absolute atomic E-state index is 13.3. The van der Waals surface area contributed by atoms with Crippen molar-refractivity contribution in [3.8, 4) is 11.3 Å². The normalized spacial score (nSPS) is 11.6. The molecule has 7 heteroatoms. The third-order valence-electron chi connectivity index (χ3n) is 4.85. The van der Waals surface area contributed by atoms with Crippen LogP contribution in [0.15, 0.2) is 67.1 Å². The largest absolute Gasteiger partial charge is 0.418 e. The number of benzene rings is 2. The molecule has 0 fully saturated rings. The van der Waals surface area contributed by atoms with Crippen molar-refractivity contribution < 1.29 is 13.2 Å². The molecular weight excluding hydrogens is 389 g/mol. The first kappa shape index (κ1) is 19.8. The summed E-state index contributed by atoms with van der Waals surface area (Å²) in [5.41, 5.74) is 2.46. The minimum absolute atomic E-state index is 0.112. The topological polar surface area (TPSA) is 50.7 Å². The van der Waals surface area contributed by atoms with Crippen LogP contribution in [-0.2, 0) is 12.6 Å². The summed E-state index contributed by atoms with van der Waals surface area (Å²) in [5, 5.41) is 4.04. The summed E-state index contributed by atoms with van der Waals surface area (Å²) in [6.07, 6.45) is -0.893. The molecule has 0 spiro atoms. The molecular formula is C23H19F3N4. The molecule has 0 bridgehead atoms. The van der Waals surface area contributed by atoms with Crippen LogP contribution in [0.3, 0.4) is 0 Å². The van der Waals surface area contributed by atoms with Crippen LogP contribution < -0.4 is 5.32 Å². The van der Waals surface area contributed by atoms with E-state index < -0.39 is 11.7 Å². The summed E-state index contributed by atoms with van der Waals surface area (Å²) in [5.74, 6) is 0.649. The molecule has 0 aliphatic carbocycles. The minimum atomic E-state index is -4.48. The van der Waals surface area contributed by atoms with E-state index in [-0.39, 0.29) is 5.69 Å². The third-order valence-corrected chi connectivity index (χ3v) is 4.85. The van der Waals surface area contributed by atoms with Crippen molar-refractivity contribution in [1.29, 1.82) is 0 Å². The molecule has 0 aliphatic rings. The fourth-order valence-corrected chi connectivity index (χ4v) is 3.29. The second-order valence-electron chi connectivity index (χ2n) is 7.01. The standard InChI is InChI=1S/C23H19F3N4/c1-15-4-6-16(7-5-15)10-12-28-22-18-9-8-17(13-20(18)29-14-30-22)21-19(23(24,25)26)3-2-11-27-21/h2-9,11,13-14H,10,12H2,1H3,(H,28,29,30). The lowest BCUT2D eigenvalue weighted by Crippen LogP contribution is -2.08. The molecule has 0 saturated carbocycles. The van der Waals surface area contributed by atoms with Crippen molar-refractivity contribution in [1.82, 2.24) is 15.0 Å². The van der Waals surface area contributed by atoms with Gasteiger partial charge in [-0.3, -0.25) is 4.98 Å². The van der Waals surface area contributed by atoms with Crippen LogP contribution in [0.1, 0.15) is 16.7 Å². The molecule has 4 aromatic rings. The molecule has 2 heterocycles. The molecule has 4 rings (SSSR count). The third kappa shape index (κ3) is 4.25. The zero-order valence-electron chi connectivity index (χ0n) is 16.2. The second-order valence-corrected chi connectivity index (χ2v) is 7.01. The zero-order valence-corrected chi connectivity index (χ0v) is 16.2. The number of nitrogens with zero attached hydrogens (tertiary/aromatic N) is 3. The number of nitrogens with one attached hydrogen (secondary N) is 1. The molecule has 0 atom stereocenters. The molecule has 0 amide bonds. The second kappa shape index (κ2) is 8.10. The predicted octanol–water partition coefficient (Wildman–Crippen LogP) is 5.67. The van der Waals surface area contributed by atoms with Gasteiger partial charge in [-0.05, 0) is 43.2 Å². The number of aryl methyl sites for hydroxylation is 1. The molecule has 152 valence electrons. The van der Waals surface area contributed by atoms with Gasteiger partial charge in [-0.2, -0.15) is 13.2 Å². The van der Waals surface area contributed by atoms with Gasteiger partial charge in [0, 0.05) is 23.7 Å². The van der Waals surface area contributed by atoms with Gasteiger partial charge in [0.1, 0.15) is 12.1 Å². The van der Waals surface area contributed by atoms with Crippen molar-refractivity contribution in [2.75, 3.05) is 11.9 Å². The van der Waals surface area contributed by atoms with Crippen molar-refractivity contribution in [3.63, 3.8) is 0 Å². The highest BCUT2D eigenvalue weighted by Gasteiger charge is 2.34. The van der Waals surface area contributed by atoms with Gasteiger partial charge in [-0.15, -0.1) is 0 Å². The quantitative estimate of drug-likeness (QED) is 0.462. The van der Waals surface area contributed by atoms with Crippen LogP contribution in [0.4, 0.5) is 19.0 Å². The number of fused-ring (bicyclic) bond motifs is 1. The summed E-state index contributed by atoms with van der Waals surface area (Å²) >= 11 is 0. The molecule has 2 aromatic heterocycles. The molecule has 0 aliphatic heterocycles. The van der Waals surface area contributed by atoms with E-state index in [0.29, 0.717) is 23.4 Å². The summed E-state index contributed by atoms with van der Waals surface area (Å²) < 4.78 is 40.0. The van der Waals surface area contributed by atoms with Crippen LogP contribution in [0.5, 0.6) is 0 Å². The Morgan fingerprint density at radius 3 is 2.50 bits per heavy atom. The van der Waals surface area contributed by atoms with E-state index in [4.69, 9.17) is 0 Å². The van der Waals surface area contributed by atoms with Crippen LogP contribution in [-0.4, -0.2) is 21.5 Å². The van der Waals surface area contributed by atoms with E-state index in [9.17, 15) is 13.2 Å². The van der Waals surface area contributed by atoms with E-state index in [2.05, 4.69) is 44.5 Å². The number of hydrogen-bond donors (Lipinski definition) is 1. The first-order chi connectivity index (χ1) is 14.4. The highest BCUT2D eigenvalue weighted by molar-refractivity contribution is 5.91. The monoisotopic (exact) mass is 408 g/mol. The number of pyridine rings is 1. The Balaban J connectivity index is 1.59. The fourth-order valence-electron chi connectivity index (χ4n) is 3.29. The Morgan fingerprint density at radius 1 is 0.933 bits per heavy atom. The van der Waals surface area contributed by atoms with Crippen molar-refractivity contribution in [3.05, 3.63) is 83.8 Å². The minimum Gasteiger partial charge on any atom is -0.369 e. The molecule has 0 saturated heterocycles. The first-order valence-electron chi connectivity index (χ1n) is 9.48. The zero-order chi connectivity index (χ0) is 21.1. The highest BCUT2D eigenvalue weighted by atomic mass is 19.4. The maximum Gasteiger partial charge on any atom is 0.418 e. The lowest BCUT2D eigenvalue weighted by Gasteiger charge is -2.13. The first-order valence-corrected chi connectivity index (χ1v) is 9.48. The van der Waals surface area contributed by atoms with E-state index in [0.717, 1.165) is 17.9 Å². The average molecular weight is 408 g/mol. The van der Waals surface area contributed by atoms with Gasteiger partial charge in [0.2, 0.25) is 0 Å². The molecule has 2 aromatic carbocycles. The number of rotatable bonds is 5. The Labute approximate surface area is 171 Å². The van der Waals surface area contributed by atoms with Crippen molar-refractivity contribution >= 4 is 16.7 Å². The Kier molecular flexibility index (Phi) is 5.35. The van der Waals surface area contributed by atoms with Crippen LogP contribution >= 0.6 is 0 Å². The van der Waals surface area contributed by atoms with E-state index >= 15 is 0 Å². The van der Waals surface area contributed by atoms with Gasteiger partial charge in [0.15, 0.2) is 0 Å². The molecule has 0 unspecified atom stereocenters. The van der Waals surface area contributed by atoms with Gasteiger partial charge in [-0.1, -0.05) is 35.9 Å². The molecule has 30 heavy (non-hydrogen) atoms. The number of halogens is 3.